The average molecular weight is 335 g/mol. The summed E-state index contributed by atoms with van der Waals surface area (Å²) in [5, 5.41) is 14.1. The zero-order chi connectivity index (χ0) is 15.8. The van der Waals surface area contributed by atoms with Crippen LogP contribution in [0.1, 0.15) is 12.0 Å². The maximum Gasteiger partial charge on any atom is 0.326 e. The van der Waals surface area contributed by atoms with Gasteiger partial charge in [-0.3, -0.25) is 0 Å². The van der Waals surface area contributed by atoms with E-state index in [9.17, 15) is 14.0 Å². The zero-order valence-electron chi connectivity index (χ0n) is 11.4. The zero-order valence-corrected chi connectivity index (χ0v) is 12.9. The molecule has 21 heavy (non-hydrogen) atoms. The number of aliphatic carboxylic acids is 1. The van der Waals surface area contributed by atoms with E-state index < -0.39 is 23.9 Å². The second kappa shape index (κ2) is 8.74. The number of thioether (sulfide) groups is 1. The van der Waals surface area contributed by atoms with Crippen molar-refractivity contribution >= 4 is 35.4 Å². The van der Waals surface area contributed by atoms with Crippen molar-refractivity contribution in [1.82, 2.24) is 10.6 Å². The van der Waals surface area contributed by atoms with Crippen LogP contribution in [-0.2, 0) is 11.3 Å². The van der Waals surface area contributed by atoms with Gasteiger partial charge in [0.2, 0.25) is 0 Å². The lowest BCUT2D eigenvalue weighted by Crippen LogP contribution is -2.46. The van der Waals surface area contributed by atoms with Gasteiger partial charge in [0.25, 0.3) is 0 Å². The summed E-state index contributed by atoms with van der Waals surface area (Å²) in [7, 11) is 0. The van der Waals surface area contributed by atoms with Gasteiger partial charge in [-0.25, -0.2) is 14.0 Å². The Kier molecular flexibility index (Phi) is 7.31. The highest BCUT2D eigenvalue weighted by atomic mass is 35.5. The molecular formula is C13H16ClFN2O3S. The third-order valence-electron chi connectivity index (χ3n) is 2.66. The van der Waals surface area contributed by atoms with E-state index in [0.717, 1.165) is 0 Å². The van der Waals surface area contributed by atoms with E-state index in [-0.39, 0.29) is 6.54 Å². The standard InChI is InChI=1S/C13H16ClFN2O3S/c1-21-5-4-11(12(18)19)17-13(20)16-7-8-6-9(15)2-3-10(8)14/h2-3,6,11H,4-5,7H2,1H3,(H,18,19)(H2,16,17,20). The van der Waals surface area contributed by atoms with Crippen LogP contribution in [0.4, 0.5) is 9.18 Å². The Balaban J connectivity index is 2.52. The maximum absolute atomic E-state index is 13.1. The molecule has 0 bridgehead atoms. The monoisotopic (exact) mass is 334 g/mol. The van der Waals surface area contributed by atoms with Gasteiger partial charge in [0.15, 0.2) is 0 Å². The number of urea groups is 1. The Labute approximate surface area is 131 Å². The van der Waals surface area contributed by atoms with E-state index in [2.05, 4.69) is 10.6 Å². The third kappa shape index (κ3) is 6.22. The Bertz CT molecular complexity index is 516. The minimum atomic E-state index is -1.09. The molecule has 5 nitrogen and oxygen atoms in total. The topological polar surface area (TPSA) is 78.4 Å². The average Bonchev–Trinajstić information content (AvgIpc) is 2.44. The fourth-order valence-electron chi connectivity index (χ4n) is 1.56. The summed E-state index contributed by atoms with van der Waals surface area (Å²) >= 11 is 7.36. The van der Waals surface area contributed by atoms with E-state index >= 15 is 0 Å². The van der Waals surface area contributed by atoms with Crippen LogP contribution >= 0.6 is 23.4 Å². The largest absolute Gasteiger partial charge is 0.480 e. The molecule has 1 aromatic carbocycles. The summed E-state index contributed by atoms with van der Waals surface area (Å²) in [6.45, 7) is 0.0112. The molecule has 0 fully saturated rings. The van der Waals surface area contributed by atoms with Crippen molar-refractivity contribution in [2.24, 2.45) is 0 Å². The van der Waals surface area contributed by atoms with Gasteiger partial charge in [0.05, 0.1) is 0 Å². The van der Waals surface area contributed by atoms with Crippen molar-refractivity contribution < 1.29 is 19.1 Å². The number of rotatable bonds is 7. The van der Waals surface area contributed by atoms with Gasteiger partial charge in [-0.15, -0.1) is 0 Å². The van der Waals surface area contributed by atoms with Gasteiger partial charge in [0.1, 0.15) is 11.9 Å². The molecule has 1 aromatic rings. The fourth-order valence-corrected chi connectivity index (χ4v) is 2.21. The first-order valence-corrected chi connectivity index (χ1v) is 7.91. The maximum atomic E-state index is 13.1. The first-order valence-electron chi connectivity index (χ1n) is 6.14. The predicted octanol–water partition coefficient (Wildman–Crippen LogP) is 2.48. The lowest BCUT2D eigenvalue weighted by molar-refractivity contribution is -0.139. The number of benzene rings is 1. The van der Waals surface area contributed by atoms with Gasteiger partial charge in [-0.1, -0.05) is 11.6 Å². The lowest BCUT2D eigenvalue weighted by atomic mass is 10.2. The van der Waals surface area contributed by atoms with E-state index in [1.54, 1.807) is 0 Å². The second-order valence-electron chi connectivity index (χ2n) is 4.24. The highest BCUT2D eigenvalue weighted by molar-refractivity contribution is 7.98. The van der Waals surface area contributed by atoms with Gasteiger partial charge in [0, 0.05) is 11.6 Å². The fraction of sp³-hybridized carbons (Fsp3) is 0.385. The Morgan fingerprint density at radius 1 is 1.48 bits per heavy atom. The third-order valence-corrected chi connectivity index (χ3v) is 3.67. The number of carbonyl (C=O) groups is 2. The molecule has 0 saturated carbocycles. The first-order chi connectivity index (χ1) is 9.93. The molecule has 2 amide bonds. The molecule has 116 valence electrons. The molecule has 0 heterocycles. The highest BCUT2D eigenvalue weighted by Gasteiger charge is 2.19. The van der Waals surface area contributed by atoms with Gasteiger partial charge >= 0.3 is 12.0 Å². The van der Waals surface area contributed by atoms with E-state index in [0.29, 0.717) is 22.8 Å². The van der Waals surface area contributed by atoms with Crippen molar-refractivity contribution in [1.29, 1.82) is 0 Å². The Morgan fingerprint density at radius 2 is 2.19 bits per heavy atom. The predicted molar refractivity (Wildman–Crippen MR) is 81.2 cm³/mol. The van der Waals surface area contributed by atoms with Crippen LogP contribution in [0.5, 0.6) is 0 Å². The van der Waals surface area contributed by atoms with Crippen LogP contribution in [-0.4, -0.2) is 35.2 Å². The van der Waals surface area contributed by atoms with Crippen molar-refractivity contribution in [3.8, 4) is 0 Å². The number of carboxylic acids is 1. The molecule has 0 radical (unpaired) electrons. The Hall–Kier alpha value is -1.47. The van der Waals surface area contributed by atoms with Crippen LogP contribution in [0.2, 0.25) is 5.02 Å². The molecule has 0 aliphatic carbocycles. The normalized spacial score (nSPS) is 11.8. The number of carboxylic acid groups (broad SMARTS) is 1. The summed E-state index contributed by atoms with van der Waals surface area (Å²) in [5.74, 6) is -0.935. The van der Waals surface area contributed by atoms with Crippen molar-refractivity contribution in [2.75, 3.05) is 12.0 Å². The molecule has 0 aliphatic rings. The molecule has 3 N–H and O–H groups in total. The SMILES string of the molecule is CSCCC(NC(=O)NCc1cc(F)ccc1Cl)C(=O)O. The van der Waals surface area contributed by atoms with Crippen molar-refractivity contribution in [2.45, 2.75) is 19.0 Å². The van der Waals surface area contributed by atoms with Gasteiger partial charge in [-0.05, 0) is 42.2 Å². The van der Waals surface area contributed by atoms with Crippen LogP contribution in [0.3, 0.4) is 0 Å². The van der Waals surface area contributed by atoms with Crippen LogP contribution in [0.15, 0.2) is 18.2 Å². The summed E-state index contributed by atoms with van der Waals surface area (Å²) in [5.41, 5.74) is 0.419. The summed E-state index contributed by atoms with van der Waals surface area (Å²) < 4.78 is 13.1. The quantitative estimate of drug-likeness (QED) is 0.716. The van der Waals surface area contributed by atoms with Crippen molar-refractivity contribution in [3.05, 3.63) is 34.6 Å². The van der Waals surface area contributed by atoms with Crippen LogP contribution < -0.4 is 10.6 Å². The molecule has 0 saturated heterocycles. The smallest absolute Gasteiger partial charge is 0.326 e. The number of amides is 2. The summed E-state index contributed by atoms with van der Waals surface area (Å²) in [6, 6.07) is 2.23. The molecule has 0 spiro atoms. The number of hydrogen-bond acceptors (Lipinski definition) is 3. The minimum Gasteiger partial charge on any atom is -0.480 e. The second-order valence-corrected chi connectivity index (χ2v) is 5.63. The molecule has 0 aromatic heterocycles. The first kappa shape index (κ1) is 17.6. The molecule has 1 rings (SSSR count). The summed E-state index contributed by atoms with van der Waals surface area (Å²) in [4.78, 5) is 22.7. The summed E-state index contributed by atoms with van der Waals surface area (Å²) in [6.07, 6.45) is 2.18. The van der Waals surface area contributed by atoms with Crippen molar-refractivity contribution in [3.63, 3.8) is 0 Å². The van der Waals surface area contributed by atoms with Gasteiger partial charge < -0.3 is 15.7 Å². The highest BCUT2D eigenvalue weighted by Crippen LogP contribution is 2.16. The molecule has 8 heteroatoms. The number of carbonyl (C=O) groups excluding carboxylic acids is 1. The molecular weight excluding hydrogens is 319 g/mol. The van der Waals surface area contributed by atoms with Crippen LogP contribution in [0.25, 0.3) is 0 Å². The minimum absolute atomic E-state index is 0.0112. The number of halogens is 2. The lowest BCUT2D eigenvalue weighted by Gasteiger charge is -2.15. The van der Waals surface area contributed by atoms with Crippen LogP contribution in [0, 0.1) is 5.82 Å². The molecule has 1 atom stereocenters. The van der Waals surface area contributed by atoms with E-state index in [1.165, 1.54) is 30.0 Å². The number of hydrogen-bond donors (Lipinski definition) is 3. The molecule has 0 aliphatic heterocycles. The number of nitrogens with one attached hydrogen (secondary N) is 2. The van der Waals surface area contributed by atoms with E-state index in [4.69, 9.17) is 16.7 Å². The molecule has 1 unspecified atom stereocenters. The van der Waals surface area contributed by atoms with Gasteiger partial charge in [-0.2, -0.15) is 11.8 Å². The van der Waals surface area contributed by atoms with E-state index in [1.807, 2.05) is 6.26 Å². The Morgan fingerprint density at radius 3 is 2.81 bits per heavy atom.